The van der Waals surface area contributed by atoms with Crippen molar-refractivity contribution < 1.29 is 9.47 Å². The van der Waals surface area contributed by atoms with Crippen LogP contribution in [-0.4, -0.2) is 69.2 Å². The summed E-state index contributed by atoms with van der Waals surface area (Å²) in [6, 6.07) is 0. The normalized spacial score (nSPS) is 29.8. The fourth-order valence-electron chi connectivity index (χ4n) is 3.50. The molecule has 4 rings (SSSR count). The van der Waals surface area contributed by atoms with Gasteiger partial charge in [-0.15, -0.1) is 0 Å². The lowest BCUT2D eigenvalue weighted by atomic mass is 9.88. The maximum Gasteiger partial charge on any atom is 0.195 e. The van der Waals surface area contributed by atoms with Crippen LogP contribution in [0.2, 0.25) is 0 Å². The summed E-state index contributed by atoms with van der Waals surface area (Å²) in [5.74, 6) is 0.943. The first-order valence-electron chi connectivity index (χ1n) is 11.3. The predicted molar refractivity (Wildman–Crippen MR) is 126 cm³/mol. The number of hydrogen-bond acceptors (Lipinski definition) is 9. The Morgan fingerprint density at radius 3 is 2.61 bits per heavy atom. The van der Waals surface area contributed by atoms with Crippen LogP contribution in [0.4, 0.5) is 0 Å². The molecule has 0 aromatic heterocycles. The second-order valence-electron chi connectivity index (χ2n) is 7.65. The molecule has 0 radical (unpaired) electrons. The van der Waals surface area contributed by atoms with Crippen molar-refractivity contribution in [1.29, 1.82) is 0 Å². The fourth-order valence-corrected chi connectivity index (χ4v) is 3.78. The molecule has 0 aliphatic carbocycles. The molecule has 3 unspecified atom stereocenters. The summed E-state index contributed by atoms with van der Waals surface area (Å²) < 4.78 is 11.5. The minimum atomic E-state index is -0.304. The molecule has 2 fully saturated rings. The number of hydrazine groups is 1. The SMILES string of the molecule is CC.CC.CNC1OCCN2NC(Cl)C3=C2NC(N=C3)N/C1=C(\C)NCC1(C)COC1. The van der Waals surface area contributed by atoms with E-state index in [0.717, 1.165) is 42.5 Å². The number of hydrogen-bond donors (Lipinski definition) is 5. The van der Waals surface area contributed by atoms with Crippen molar-refractivity contribution in [1.82, 2.24) is 31.7 Å². The lowest BCUT2D eigenvalue weighted by molar-refractivity contribution is -0.0980. The number of likely N-dealkylation sites (N-methyl/N-ethyl adjacent to an activating group) is 1. The number of nitrogens with one attached hydrogen (secondary N) is 5. The summed E-state index contributed by atoms with van der Waals surface area (Å²) >= 11 is 6.36. The Morgan fingerprint density at radius 1 is 1.29 bits per heavy atom. The van der Waals surface area contributed by atoms with Crippen molar-refractivity contribution in [2.45, 2.75) is 59.6 Å². The Morgan fingerprint density at radius 2 is 2.00 bits per heavy atom. The van der Waals surface area contributed by atoms with Gasteiger partial charge in [0.05, 0.1) is 32.1 Å². The summed E-state index contributed by atoms with van der Waals surface area (Å²) in [7, 11) is 1.89. The Hall–Kier alpha value is -1.52. The third kappa shape index (κ3) is 6.04. The maximum absolute atomic E-state index is 6.36. The van der Waals surface area contributed by atoms with E-state index in [1.165, 1.54) is 0 Å². The lowest BCUT2D eigenvalue weighted by Crippen LogP contribution is -2.53. The molecular formula is C21H40ClN7O2. The second kappa shape index (κ2) is 11.9. The Balaban J connectivity index is 0.000000807. The number of alkyl halides is 1. The van der Waals surface area contributed by atoms with Gasteiger partial charge in [-0.1, -0.05) is 46.2 Å². The van der Waals surface area contributed by atoms with Crippen molar-refractivity contribution >= 4 is 17.8 Å². The first-order chi connectivity index (χ1) is 15.0. The first-order valence-corrected chi connectivity index (χ1v) is 11.7. The van der Waals surface area contributed by atoms with Crippen molar-refractivity contribution in [3.05, 3.63) is 22.8 Å². The number of rotatable bonds is 4. The van der Waals surface area contributed by atoms with Crippen LogP contribution in [0.5, 0.6) is 0 Å². The van der Waals surface area contributed by atoms with Gasteiger partial charge in [0.25, 0.3) is 0 Å². The zero-order valence-corrected chi connectivity index (χ0v) is 20.7. The number of nitrogens with zero attached hydrogens (tertiary/aromatic N) is 2. The monoisotopic (exact) mass is 457 g/mol. The number of halogens is 1. The largest absolute Gasteiger partial charge is 0.386 e. The van der Waals surface area contributed by atoms with E-state index >= 15 is 0 Å². The van der Waals surface area contributed by atoms with Gasteiger partial charge in [-0.05, 0) is 14.0 Å². The predicted octanol–water partition coefficient (Wildman–Crippen LogP) is 1.62. The lowest BCUT2D eigenvalue weighted by Gasteiger charge is -2.39. The van der Waals surface area contributed by atoms with Gasteiger partial charge in [0.2, 0.25) is 0 Å². The molecule has 0 amide bonds. The van der Waals surface area contributed by atoms with Gasteiger partial charge >= 0.3 is 0 Å². The number of aliphatic imine (C=N–C) groups is 1. The van der Waals surface area contributed by atoms with Crippen molar-refractivity contribution in [2.75, 3.05) is 40.0 Å². The van der Waals surface area contributed by atoms with Crippen molar-refractivity contribution in [2.24, 2.45) is 10.4 Å². The zero-order valence-electron chi connectivity index (χ0n) is 19.9. The highest BCUT2D eigenvalue weighted by Gasteiger charge is 2.35. The molecule has 0 saturated carbocycles. The van der Waals surface area contributed by atoms with Gasteiger partial charge in [-0.25, -0.2) is 10.4 Å². The van der Waals surface area contributed by atoms with Crippen LogP contribution in [-0.2, 0) is 9.47 Å². The second-order valence-corrected chi connectivity index (χ2v) is 8.09. The third-order valence-corrected chi connectivity index (χ3v) is 5.56. The van der Waals surface area contributed by atoms with Gasteiger partial charge in [0, 0.05) is 29.4 Å². The first kappa shape index (κ1) is 25.7. The van der Waals surface area contributed by atoms with Crippen LogP contribution in [0.3, 0.4) is 0 Å². The summed E-state index contributed by atoms with van der Waals surface area (Å²) in [4.78, 5) is 4.57. The summed E-state index contributed by atoms with van der Waals surface area (Å²) in [5.41, 5.74) is 6.01. The maximum atomic E-state index is 6.36. The summed E-state index contributed by atoms with van der Waals surface area (Å²) in [6.45, 7) is 15.9. The highest BCUT2D eigenvalue weighted by atomic mass is 35.5. The van der Waals surface area contributed by atoms with E-state index in [2.05, 4.69) is 45.5 Å². The molecule has 3 atom stereocenters. The van der Waals surface area contributed by atoms with Gasteiger partial charge in [0.15, 0.2) is 6.29 Å². The van der Waals surface area contributed by atoms with Crippen molar-refractivity contribution in [3.63, 3.8) is 0 Å². The van der Waals surface area contributed by atoms with Crippen LogP contribution in [0, 0.1) is 5.41 Å². The number of ether oxygens (including phenoxy) is 2. The van der Waals surface area contributed by atoms with Crippen LogP contribution >= 0.6 is 11.6 Å². The molecule has 9 nitrogen and oxygen atoms in total. The minimum absolute atomic E-state index is 0.181. The molecule has 178 valence electrons. The molecular weight excluding hydrogens is 418 g/mol. The van der Waals surface area contributed by atoms with Crippen LogP contribution < -0.4 is 26.7 Å². The topological polar surface area (TPSA) is 94.2 Å². The summed E-state index contributed by atoms with van der Waals surface area (Å²) in [5, 5.41) is 15.7. The summed E-state index contributed by atoms with van der Waals surface area (Å²) in [6.07, 6.45) is 1.25. The smallest absolute Gasteiger partial charge is 0.195 e. The van der Waals surface area contributed by atoms with Crippen LogP contribution in [0.15, 0.2) is 27.8 Å². The molecule has 2 bridgehead atoms. The fraction of sp³-hybridized carbons (Fsp3) is 0.762. The van der Waals surface area contributed by atoms with E-state index in [-0.39, 0.29) is 23.4 Å². The average molecular weight is 458 g/mol. The molecule has 4 aliphatic rings. The van der Waals surface area contributed by atoms with E-state index in [4.69, 9.17) is 21.1 Å². The van der Waals surface area contributed by atoms with E-state index < -0.39 is 0 Å². The van der Waals surface area contributed by atoms with Crippen LogP contribution in [0.1, 0.15) is 41.5 Å². The molecule has 2 saturated heterocycles. The number of fused-ring (bicyclic) bond motifs is 1. The quantitative estimate of drug-likeness (QED) is 0.321. The van der Waals surface area contributed by atoms with Gasteiger partial charge < -0.3 is 25.4 Å². The van der Waals surface area contributed by atoms with Gasteiger partial charge in [-0.2, -0.15) is 0 Å². The standard InChI is InChI=1S/C17H28ClN7O2.2C2H6/c1-10(21-7-17(2)8-26-9-17)12-15(19-3)27-5-4-25-14-11(13(18)24-25)6-20-16(22-12)23-14;2*1-2/h6,13,15-16,19,21-24H,4-5,7-9H2,1-3H3;2*1-2H3/b12-10+;;. The highest BCUT2D eigenvalue weighted by molar-refractivity contribution is 6.24. The van der Waals surface area contributed by atoms with Gasteiger partial charge in [-0.3, -0.25) is 10.3 Å². The van der Waals surface area contributed by atoms with Gasteiger partial charge in [0.1, 0.15) is 17.5 Å². The zero-order chi connectivity index (χ0) is 23.0. The molecule has 5 N–H and O–H groups in total. The minimum Gasteiger partial charge on any atom is -0.386 e. The Kier molecular flexibility index (Phi) is 9.90. The molecule has 0 spiro atoms. The molecule has 0 aromatic rings. The molecule has 31 heavy (non-hydrogen) atoms. The Labute approximate surface area is 192 Å². The molecule has 10 heteroatoms. The van der Waals surface area contributed by atoms with E-state index in [1.807, 2.05) is 46.0 Å². The highest BCUT2D eigenvalue weighted by Crippen LogP contribution is 2.26. The van der Waals surface area contributed by atoms with Crippen molar-refractivity contribution in [3.8, 4) is 0 Å². The van der Waals surface area contributed by atoms with E-state index in [9.17, 15) is 0 Å². The molecule has 4 heterocycles. The molecule has 4 aliphatic heterocycles. The van der Waals surface area contributed by atoms with E-state index in [0.29, 0.717) is 13.2 Å². The van der Waals surface area contributed by atoms with E-state index in [1.54, 1.807) is 0 Å². The van der Waals surface area contributed by atoms with Crippen LogP contribution in [0.25, 0.3) is 0 Å². The Bertz CT molecular complexity index is 679. The average Bonchev–Trinajstić information content (AvgIpc) is 3.10. The number of allylic oxidation sites excluding steroid dienone is 1. The third-order valence-electron chi connectivity index (χ3n) is 5.22. The molecule has 0 aromatic carbocycles.